The van der Waals surface area contributed by atoms with E-state index in [1.165, 1.54) is 30.3 Å². The van der Waals surface area contributed by atoms with Gasteiger partial charge in [0.05, 0.1) is 18.4 Å². The number of carboxylic acids is 3. The van der Waals surface area contributed by atoms with Crippen molar-refractivity contribution in [1.29, 1.82) is 0 Å². The second kappa shape index (κ2) is 11.1. The highest BCUT2D eigenvalue weighted by Crippen LogP contribution is 2.31. The van der Waals surface area contributed by atoms with Crippen LogP contribution in [0.1, 0.15) is 32.6 Å². The minimum absolute atomic E-state index is 0.0131. The van der Waals surface area contributed by atoms with Crippen molar-refractivity contribution in [2.45, 2.75) is 25.9 Å². The van der Waals surface area contributed by atoms with Gasteiger partial charge in [-0.1, -0.05) is 0 Å². The van der Waals surface area contributed by atoms with E-state index in [2.05, 4.69) is 10.6 Å². The summed E-state index contributed by atoms with van der Waals surface area (Å²) in [4.78, 5) is 33.6. The van der Waals surface area contributed by atoms with E-state index >= 15 is 0 Å². The first-order chi connectivity index (χ1) is 17.4. The predicted octanol–water partition coefficient (Wildman–Crippen LogP) is 2.69. The molecule has 194 valence electrons. The van der Waals surface area contributed by atoms with Crippen molar-refractivity contribution in [2.75, 3.05) is 10.6 Å². The summed E-state index contributed by atoms with van der Waals surface area (Å²) in [6, 6.07) is 8.94. The minimum atomic E-state index is -1.24. The summed E-state index contributed by atoms with van der Waals surface area (Å²) in [5.74, 6) is -4.77. The average molecular weight is 512 g/mol. The van der Waals surface area contributed by atoms with Gasteiger partial charge in [-0.15, -0.1) is 0 Å². The van der Waals surface area contributed by atoms with Crippen molar-refractivity contribution >= 4 is 29.3 Å². The van der Waals surface area contributed by atoms with Gasteiger partial charge in [-0.3, -0.25) is 9.59 Å². The number of rotatable bonds is 11. The van der Waals surface area contributed by atoms with Gasteiger partial charge in [0.25, 0.3) is 0 Å². The molecule has 12 nitrogen and oxygen atoms in total. The first-order valence-electron chi connectivity index (χ1n) is 10.8. The van der Waals surface area contributed by atoms with Crippen LogP contribution in [0, 0.1) is 0 Å². The molecule has 0 radical (unpaired) electrons. The quantitative estimate of drug-likeness (QED) is 0.169. The lowest BCUT2D eigenvalue weighted by atomic mass is 10.0. The fourth-order valence-electron chi connectivity index (χ4n) is 3.70. The zero-order chi connectivity index (χ0) is 27.3. The molecular weight excluding hydrogens is 488 g/mol. The van der Waals surface area contributed by atoms with Gasteiger partial charge < -0.3 is 46.4 Å². The first-order valence-corrected chi connectivity index (χ1v) is 10.8. The lowest BCUT2D eigenvalue weighted by Gasteiger charge is -2.15. The third-order valence-electron chi connectivity index (χ3n) is 5.33. The maximum Gasteiger partial charge on any atom is 0.335 e. The highest BCUT2D eigenvalue weighted by molar-refractivity contribution is 5.90. The second-order valence-corrected chi connectivity index (χ2v) is 8.18. The molecule has 37 heavy (non-hydrogen) atoms. The zero-order valence-electron chi connectivity index (χ0n) is 19.2. The Balaban J connectivity index is 1.83. The molecule has 0 spiro atoms. The molecule has 0 aliphatic heterocycles. The van der Waals surface area contributed by atoms with E-state index in [4.69, 9.17) is 10.2 Å². The van der Waals surface area contributed by atoms with Crippen molar-refractivity contribution in [3.8, 4) is 23.0 Å². The largest absolute Gasteiger partial charge is 0.508 e. The standard InChI is InChI=1S/C25H24N2O10/c28-19-3-12(7-21(30)31)23(34)15(5-19)10-26-17-1-14(25(36)37)2-18(9-17)27-11-16-6-20(29)4-13(24(16)35)8-22(32)33/h1-6,9,26-29,34-35H,7-8,10-11H2,(H,30,31)(H,32,33)(H,36,37). The fraction of sp³-hybridized carbons (Fsp3) is 0.160. The van der Waals surface area contributed by atoms with Crippen molar-refractivity contribution in [3.05, 3.63) is 70.3 Å². The number of carbonyl (C=O) groups is 3. The third kappa shape index (κ3) is 6.94. The van der Waals surface area contributed by atoms with E-state index in [0.29, 0.717) is 11.4 Å². The number of aromatic hydroxyl groups is 4. The second-order valence-electron chi connectivity index (χ2n) is 8.18. The number of anilines is 2. The lowest BCUT2D eigenvalue weighted by Crippen LogP contribution is -2.07. The number of hydrogen-bond acceptors (Lipinski definition) is 9. The molecular formula is C25H24N2O10. The zero-order valence-corrected chi connectivity index (χ0v) is 19.2. The molecule has 9 N–H and O–H groups in total. The number of benzene rings is 3. The van der Waals surface area contributed by atoms with Crippen LogP contribution < -0.4 is 10.6 Å². The van der Waals surface area contributed by atoms with Crippen LogP contribution in [0.2, 0.25) is 0 Å². The van der Waals surface area contributed by atoms with Gasteiger partial charge in [-0.05, 0) is 42.5 Å². The van der Waals surface area contributed by atoms with Crippen LogP contribution in [-0.4, -0.2) is 53.7 Å². The van der Waals surface area contributed by atoms with E-state index < -0.39 is 30.7 Å². The molecule has 0 bridgehead atoms. The lowest BCUT2D eigenvalue weighted by molar-refractivity contribution is -0.137. The van der Waals surface area contributed by atoms with Crippen molar-refractivity contribution in [3.63, 3.8) is 0 Å². The van der Waals surface area contributed by atoms with Gasteiger partial charge in [0, 0.05) is 46.7 Å². The molecule has 0 atom stereocenters. The monoisotopic (exact) mass is 512 g/mol. The van der Waals surface area contributed by atoms with Gasteiger partial charge >= 0.3 is 17.9 Å². The molecule has 3 aromatic carbocycles. The molecule has 0 aromatic heterocycles. The molecule has 0 saturated heterocycles. The summed E-state index contributed by atoms with van der Waals surface area (Å²) in [6.07, 6.45) is -1.02. The molecule has 12 heteroatoms. The van der Waals surface area contributed by atoms with E-state index in [1.54, 1.807) is 0 Å². The maximum atomic E-state index is 11.6. The molecule has 0 aliphatic carbocycles. The van der Waals surface area contributed by atoms with Crippen LogP contribution in [-0.2, 0) is 35.5 Å². The average Bonchev–Trinajstić information content (AvgIpc) is 2.80. The fourth-order valence-corrected chi connectivity index (χ4v) is 3.70. The Morgan fingerprint density at radius 3 is 1.30 bits per heavy atom. The van der Waals surface area contributed by atoms with E-state index in [9.17, 15) is 39.9 Å². The Kier molecular flexibility index (Phi) is 7.92. The molecule has 0 saturated carbocycles. The van der Waals surface area contributed by atoms with Crippen LogP contribution in [0.25, 0.3) is 0 Å². The van der Waals surface area contributed by atoms with Crippen molar-refractivity contribution in [2.24, 2.45) is 0 Å². The van der Waals surface area contributed by atoms with Gasteiger partial charge in [0.1, 0.15) is 23.0 Å². The Morgan fingerprint density at radius 1 is 0.568 bits per heavy atom. The van der Waals surface area contributed by atoms with Crippen LogP contribution in [0.3, 0.4) is 0 Å². The number of aromatic carboxylic acids is 1. The molecule has 0 fully saturated rings. The smallest absolute Gasteiger partial charge is 0.335 e. The Hall–Kier alpha value is -5.13. The van der Waals surface area contributed by atoms with Gasteiger partial charge in [0.15, 0.2) is 0 Å². The minimum Gasteiger partial charge on any atom is -0.508 e. The molecule has 0 heterocycles. The normalized spacial score (nSPS) is 10.6. The highest BCUT2D eigenvalue weighted by Gasteiger charge is 2.15. The predicted molar refractivity (Wildman–Crippen MR) is 130 cm³/mol. The number of hydrogen-bond donors (Lipinski definition) is 9. The molecule has 3 aromatic rings. The van der Waals surface area contributed by atoms with Gasteiger partial charge in [-0.25, -0.2) is 4.79 Å². The van der Waals surface area contributed by atoms with Crippen LogP contribution in [0.5, 0.6) is 23.0 Å². The van der Waals surface area contributed by atoms with Crippen LogP contribution in [0.15, 0.2) is 42.5 Å². The molecule has 0 unspecified atom stereocenters. The van der Waals surface area contributed by atoms with Gasteiger partial charge in [0.2, 0.25) is 0 Å². The summed E-state index contributed by atoms with van der Waals surface area (Å²) in [5.41, 5.74) is 0.890. The molecule has 3 rings (SSSR count). The van der Waals surface area contributed by atoms with E-state index in [1.807, 2.05) is 0 Å². The topological polar surface area (TPSA) is 217 Å². The summed E-state index contributed by atoms with van der Waals surface area (Å²) in [5, 5.41) is 73.8. The Bertz CT molecular complexity index is 1280. The summed E-state index contributed by atoms with van der Waals surface area (Å²) < 4.78 is 0. The van der Waals surface area contributed by atoms with E-state index in [-0.39, 0.29) is 63.9 Å². The number of phenols is 4. The summed E-state index contributed by atoms with van der Waals surface area (Å²) >= 11 is 0. The number of nitrogens with one attached hydrogen (secondary N) is 2. The van der Waals surface area contributed by atoms with Crippen LogP contribution >= 0.6 is 0 Å². The van der Waals surface area contributed by atoms with Crippen molar-refractivity contribution in [1.82, 2.24) is 0 Å². The summed E-state index contributed by atoms with van der Waals surface area (Å²) in [6.45, 7) is -0.164. The Morgan fingerprint density at radius 2 is 0.946 bits per heavy atom. The number of phenolic OH excluding ortho intramolecular Hbond substituents is 4. The van der Waals surface area contributed by atoms with Crippen LogP contribution in [0.4, 0.5) is 11.4 Å². The van der Waals surface area contributed by atoms with E-state index in [0.717, 1.165) is 12.1 Å². The molecule has 0 aliphatic rings. The highest BCUT2D eigenvalue weighted by atomic mass is 16.4. The number of aliphatic carboxylic acids is 2. The van der Waals surface area contributed by atoms with Crippen molar-refractivity contribution < 1.29 is 50.1 Å². The third-order valence-corrected chi connectivity index (χ3v) is 5.33. The Labute approximate surface area is 209 Å². The molecule has 0 amide bonds. The summed E-state index contributed by atoms with van der Waals surface area (Å²) in [7, 11) is 0. The number of carboxylic acid groups (broad SMARTS) is 3. The SMILES string of the molecule is O=C(O)Cc1cc(O)cc(CNc2cc(NCc3cc(O)cc(CC(=O)O)c3O)cc(C(=O)O)c2)c1O. The first kappa shape index (κ1) is 26.5. The van der Waals surface area contributed by atoms with Gasteiger partial charge in [-0.2, -0.15) is 0 Å². The maximum absolute atomic E-state index is 11.6.